The van der Waals surface area contributed by atoms with Crippen molar-refractivity contribution >= 4 is 15.9 Å². The van der Waals surface area contributed by atoms with E-state index in [4.69, 9.17) is 0 Å². The molecule has 2 rings (SSSR count). The Kier molecular flexibility index (Phi) is 4.42. The second-order valence-corrected chi connectivity index (χ2v) is 5.46. The van der Waals surface area contributed by atoms with E-state index in [9.17, 15) is 0 Å². The highest BCUT2D eigenvalue weighted by Gasteiger charge is 2.12. The van der Waals surface area contributed by atoms with Crippen molar-refractivity contribution in [2.75, 3.05) is 0 Å². The second-order valence-electron chi connectivity index (χ2n) is 4.67. The van der Waals surface area contributed by atoms with Crippen molar-refractivity contribution in [3.05, 3.63) is 33.3 Å². The van der Waals surface area contributed by atoms with Crippen LogP contribution in [0.5, 0.6) is 0 Å². The van der Waals surface area contributed by atoms with E-state index in [0.717, 1.165) is 29.7 Å². The predicted molar refractivity (Wildman–Crippen MR) is 78.8 cm³/mol. The number of aromatic nitrogens is 4. The number of rotatable bonds is 5. The largest absolute Gasteiger partial charge is 0.307 e. The first-order valence-electron chi connectivity index (χ1n) is 6.43. The van der Waals surface area contributed by atoms with Gasteiger partial charge in [-0.1, -0.05) is 6.92 Å². The molecule has 0 bridgehead atoms. The van der Waals surface area contributed by atoms with E-state index in [1.54, 1.807) is 0 Å². The average molecular weight is 326 g/mol. The molecule has 104 valence electrons. The van der Waals surface area contributed by atoms with Crippen molar-refractivity contribution < 1.29 is 0 Å². The third kappa shape index (κ3) is 2.90. The molecule has 0 radical (unpaired) electrons. The van der Waals surface area contributed by atoms with Crippen LogP contribution in [0.25, 0.3) is 0 Å². The van der Waals surface area contributed by atoms with E-state index in [2.05, 4.69) is 45.3 Å². The van der Waals surface area contributed by atoms with Crippen LogP contribution in [-0.4, -0.2) is 19.6 Å². The van der Waals surface area contributed by atoms with Crippen LogP contribution in [0.1, 0.15) is 29.6 Å². The number of hydrogen-bond donors (Lipinski definition) is 1. The van der Waals surface area contributed by atoms with Gasteiger partial charge in [0.2, 0.25) is 0 Å². The Bertz CT molecular complexity index is 570. The van der Waals surface area contributed by atoms with Crippen molar-refractivity contribution in [2.45, 2.75) is 33.4 Å². The molecular formula is C13H20BrN5. The summed E-state index contributed by atoms with van der Waals surface area (Å²) in [5.74, 6) is 0. The van der Waals surface area contributed by atoms with Crippen molar-refractivity contribution in [3.63, 3.8) is 0 Å². The number of aryl methyl sites for hydroxylation is 3. The zero-order chi connectivity index (χ0) is 14.0. The van der Waals surface area contributed by atoms with Crippen LogP contribution in [0.15, 0.2) is 10.7 Å². The normalized spacial score (nSPS) is 11.2. The highest BCUT2D eigenvalue weighted by molar-refractivity contribution is 9.10. The summed E-state index contributed by atoms with van der Waals surface area (Å²) < 4.78 is 4.95. The zero-order valence-corrected chi connectivity index (χ0v) is 13.5. The SMILES string of the molecule is CCc1nn(C)c(CNCc2cnn(C)c2C)c1Br. The Hall–Kier alpha value is -1.14. The summed E-state index contributed by atoms with van der Waals surface area (Å²) in [7, 11) is 3.94. The summed E-state index contributed by atoms with van der Waals surface area (Å²) in [6.07, 6.45) is 2.86. The smallest absolute Gasteiger partial charge is 0.0767 e. The first kappa shape index (κ1) is 14.3. The molecule has 0 unspecified atom stereocenters. The van der Waals surface area contributed by atoms with Crippen LogP contribution in [0.2, 0.25) is 0 Å². The Balaban J connectivity index is 2.00. The molecule has 0 saturated carbocycles. The monoisotopic (exact) mass is 325 g/mol. The van der Waals surface area contributed by atoms with Crippen LogP contribution in [-0.2, 0) is 33.6 Å². The molecule has 0 atom stereocenters. The number of hydrogen-bond acceptors (Lipinski definition) is 3. The van der Waals surface area contributed by atoms with E-state index in [-0.39, 0.29) is 0 Å². The minimum atomic E-state index is 0.790. The van der Waals surface area contributed by atoms with Gasteiger partial charge in [-0.25, -0.2) is 0 Å². The maximum absolute atomic E-state index is 4.49. The third-order valence-electron chi connectivity index (χ3n) is 3.45. The Labute approximate surface area is 122 Å². The van der Waals surface area contributed by atoms with E-state index >= 15 is 0 Å². The molecular weight excluding hydrogens is 306 g/mol. The van der Waals surface area contributed by atoms with Crippen molar-refractivity contribution in [3.8, 4) is 0 Å². The molecule has 0 fully saturated rings. The molecule has 0 saturated heterocycles. The first-order valence-corrected chi connectivity index (χ1v) is 7.22. The third-order valence-corrected chi connectivity index (χ3v) is 4.36. The minimum Gasteiger partial charge on any atom is -0.307 e. The lowest BCUT2D eigenvalue weighted by Gasteiger charge is -2.06. The summed E-state index contributed by atoms with van der Waals surface area (Å²) in [6.45, 7) is 5.81. The van der Waals surface area contributed by atoms with Crippen molar-refractivity contribution in [2.24, 2.45) is 14.1 Å². The molecule has 0 aromatic carbocycles. The Morgan fingerprint density at radius 3 is 2.53 bits per heavy atom. The molecule has 0 aliphatic carbocycles. The maximum atomic E-state index is 4.49. The summed E-state index contributed by atoms with van der Waals surface area (Å²) in [5.41, 5.74) is 4.72. The fourth-order valence-electron chi connectivity index (χ4n) is 2.05. The maximum Gasteiger partial charge on any atom is 0.0767 e. The van der Waals surface area contributed by atoms with Gasteiger partial charge in [0.1, 0.15) is 0 Å². The summed E-state index contributed by atoms with van der Waals surface area (Å²) in [4.78, 5) is 0. The van der Waals surface area contributed by atoms with E-state index in [1.165, 1.54) is 17.0 Å². The summed E-state index contributed by atoms with van der Waals surface area (Å²) in [5, 5.41) is 12.2. The molecule has 1 N–H and O–H groups in total. The topological polar surface area (TPSA) is 47.7 Å². The molecule has 5 nitrogen and oxygen atoms in total. The Morgan fingerprint density at radius 2 is 2.00 bits per heavy atom. The quantitative estimate of drug-likeness (QED) is 0.915. The standard InChI is InChI=1S/C13H20BrN5/c1-5-11-13(14)12(19(4)17-11)8-15-6-10-7-16-18(3)9(10)2/h7,15H,5-6,8H2,1-4H3. The zero-order valence-electron chi connectivity index (χ0n) is 11.9. The molecule has 2 aromatic rings. The number of nitrogens with one attached hydrogen (secondary N) is 1. The molecule has 0 aliphatic rings. The number of nitrogens with zero attached hydrogens (tertiary/aromatic N) is 4. The van der Waals surface area contributed by atoms with Gasteiger partial charge in [0.25, 0.3) is 0 Å². The van der Waals surface area contributed by atoms with Gasteiger partial charge in [0.15, 0.2) is 0 Å². The highest BCUT2D eigenvalue weighted by Crippen LogP contribution is 2.21. The first-order chi connectivity index (χ1) is 9.04. The van der Waals surface area contributed by atoms with Gasteiger partial charge >= 0.3 is 0 Å². The van der Waals surface area contributed by atoms with Gasteiger partial charge in [0.05, 0.1) is 22.1 Å². The summed E-state index contributed by atoms with van der Waals surface area (Å²) >= 11 is 3.63. The number of halogens is 1. The van der Waals surface area contributed by atoms with Crippen LogP contribution in [0.3, 0.4) is 0 Å². The minimum absolute atomic E-state index is 0.790. The molecule has 6 heteroatoms. The van der Waals surface area contributed by atoms with E-state index < -0.39 is 0 Å². The predicted octanol–water partition coefficient (Wildman–Crippen LogP) is 2.08. The molecule has 2 aromatic heterocycles. The molecule has 2 heterocycles. The van der Waals surface area contributed by atoms with E-state index in [0.29, 0.717) is 0 Å². The lowest BCUT2D eigenvalue weighted by molar-refractivity contribution is 0.620. The van der Waals surface area contributed by atoms with Gasteiger partial charge in [-0.05, 0) is 29.3 Å². The fraction of sp³-hybridized carbons (Fsp3) is 0.538. The van der Waals surface area contributed by atoms with Crippen molar-refractivity contribution in [1.82, 2.24) is 24.9 Å². The highest BCUT2D eigenvalue weighted by atomic mass is 79.9. The van der Waals surface area contributed by atoms with Gasteiger partial charge in [-0.3, -0.25) is 9.36 Å². The second kappa shape index (κ2) is 5.88. The van der Waals surface area contributed by atoms with Gasteiger partial charge in [-0.15, -0.1) is 0 Å². The van der Waals surface area contributed by atoms with E-state index in [1.807, 2.05) is 29.7 Å². The molecule has 19 heavy (non-hydrogen) atoms. The van der Waals surface area contributed by atoms with Crippen LogP contribution in [0.4, 0.5) is 0 Å². The lowest BCUT2D eigenvalue weighted by Crippen LogP contribution is -2.16. The fourth-order valence-corrected chi connectivity index (χ4v) is 2.80. The van der Waals surface area contributed by atoms with Crippen molar-refractivity contribution in [1.29, 1.82) is 0 Å². The van der Waals surface area contributed by atoms with Gasteiger partial charge < -0.3 is 5.32 Å². The lowest BCUT2D eigenvalue weighted by atomic mass is 10.2. The van der Waals surface area contributed by atoms with Crippen LogP contribution < -0.4 is 5.32 Å². The molecule has 0 aliphatic heterocycles. The average Bonchev–Trinajstić information content (AvgIpc) is 2.85. The summed E-state index contributed by atoms with van der Waals surface area (Å²) in [6, 6.07) is 0. The Morgan fingerprint density at radius 1 is 1.26 bits per heavy atom. The van der Waals surface area contributed by atoms with Crippen LogP contribution >= 0.6 is 15.9 Å². The van der Waals surface area contributed by atoms with Gasteiger partial charge in [-0.2, -0.15) is 10.2 Å². The van der Waals surface area contributed by atoms with Crippen LogP contribution in [0, 0.1) is 6.92 Å². The molecule has 0 spiro atoms. The van der Waals surface area contributed by atoms with Gasteiger partial charge in [0, 0.05) is 38.4 Å². The molecule has 0 amide bonds.